The molecular formula is C10H13N3OS. The Morgan fingerprint density at radius 3 is 2.87 bits per heavy atom. The van der Waals surface area contributed by atoms with E-state index in [9.17, 15) is 4.21 Å². The van der Waals surface area contributed by atoms with Crippen molar-refractivity contribution in [1.29, 1.82) is 0 Å². The molecule has 15 heavy (non-hydrogen) atoms. The molecule has 0 aliphatic heterocycles. The lowest BCUT2D eigenvalue weighted by atomic mass is 10.3. The zero-order valence-electron chi connectivity index (χ0n) is 9.02. The van der Waals surface area contributed by atoms with Crippen LogP contribution >= 0.6 is 0 Å². The van der Waals surface area contributed by atoms with Gasteiger partial charge in [-0.05, 0) is 12.5 Å². The summed E-state index contributed by atoms with van der Waals surface area (Å²) in [6, 6.07) is 2.07. The molecule has 2 aromatic rings. The summed E-state index contributed by atoms with van der Waals surface area (Å²) in [5.41, 5.74) is 2.06. The number of aromatic nitrogens is 3. The summed E-state index contributed by atoms with van der Waals surface area (Å²) in [6.07, 6.45) is 4.28. The van der Waals surface area contributed by atoms with Crippen molar-refractivity contribution in [3.63, 3.8) is 0 Å². The van der Waals surface area contributed by atoms with Gasteiger partial charge in [-0.3, -0.25) is 4.21 Å². The van der Waals surface area contributed by atoms with Gasteiger partial charge in [0.25, 0.3) is 0 Å². The second kappa shape index (κ2) is 3.73. The molecule has 2 rings (SSSR count). The molecule has 0 N–H and O–H groups in total. The van der Waals surface area contributed by atoms with E-state index in [0.717, 1.165) is 17.5 Å². The fourth-order valence-corrected chi connectivity index (χ4v) is 2.04. The van der Waals surface area contributed by atoms with E-state index in [1.165, 1.54) is 5.69 Å². The number of nitrogens with zero attached hydrogens (tertiary/aromatic N) is 3. The SMILES string of the molecule is CCc1cc2cnc(S(C)=O)nc2n1C. The first-order chi connectivity index (χ1) is 7.13. The predicted molar refractivity (Wildman–Crippen MR) is 60.2 cm³/mol. The van der Waals surface area contributed by atoms with Gasteiger partial charge < -0.3 is 4.57 Å². The van der Waals surface area contributed by atoms with E-state index in [4.69, 9.17) is 0 Å². The molecule has 5 heteroatoms. The largest absolute Gasteiger partial charge is 0.333 e. The third kappa shape index (κ3) is 1.67. The van der Waals surface area contributed by atoms with E-state index in [1.807, 2.05) is 11.6 Å². The maximum Gasteiger partial charge on any atom is 0.220 e. The molecule has 1 atom stereocenters. The third-order valence-corrected chi connectivity index (χ3v) is 3.17. The van der Waals surface area contributed by atoms with Gasteiger partial charge in [0.15, 0.2) is 0 Å². The van der Waals surface area contributed by atoms with Crippen LogP contribution in [-0.4, -0.2) is 25.0 Å². The van der Waals surface area contributed by atoms with E-state index in [-0.39, 0.29) is 0 Å². The number of hydrogen-bond donors (Lipinski definition) is 0. The highest BCUT2D eigenvalue weighted by Gasteiger charge is 2.08. The summed E-state index contributed by atoms with van der Waals surface area (Å²) in [4.78, 5) is 8.37. The lowest BCUT2D eigenvalue weighted by molar-refractivity contribution is 0.680. The van der Waals surface area contributed by atoms with E-state index < -0.39 is 10.8 Å². The highest BCUT2D eigenvalue weighted by molar-refractivity contribution is 7.84. The second-order valence-corrected chi connectivity index (χ2v) is 4.71. The van der Waals surface area contributed by atoms with E-state index in [0.29, 0.717) is 5.16 Å². The average molecular weight is 223 g/mol. The van der Waals surface area contributed by atoms with Gasteiger partial charge in [-0.15, -0.1) is 0 Å². The summed E-state index contributed by atoms with van der Waals surface area (Å²) < 4.78 is 13.3. The van der Waals surface area contributed by atoms with Gasteiger partial charge >= 0.3 is 0 Å². The zero-order valence-corrected chi connectivity index (χ0v) is 9.84. The molecule has 2 heterocycles. The van der Waals surface area contributed by atoms with Crippen molar-refractivity contribution in [2.24, 2.45) is 7.05 Å². The molecule has 1 unspecified atom stereocenters. The van der Waals surface area contributed by atoms with Crippen LogP contribution in [-0.2, 0) is 24.3 Å². The Kier molecular flexibility index (Phi) is 2.56. The Morgan fingerprint density at radius 2 is 2.27 bits per heavy atom. The quantitative estimate of drug-likeness (QED) is 0.720. The molecule has 0 bridgehead atoms. The Labute approximate surface area is 90.8 Å². The van der Waals surface area contributed by atoms with Crippen molar-refractivity contribution in [3.05, 3.63) is 18.0 Å². The van der Waals surface area contributed by atoms with Crippen LogP contribution in [0.25, 0.3) is 11.0 Å². The van der Waals surface area contributed by atoms with Crippen molar-refractivity contribution in [2.45, 2.75) is 18.5 Å². The van der Waals surface area contributed by atoms with Crippen LogP contribution < -0.4 is 0 Å². The van der Waals surface area contributed by atoms with Crippen molar-refractivity contribution in [2.75, 3.05) is 6.26 Å². The molecule has 0 aliphatic rings. The molecule has 4 nitrogen and oxygen atoms in total. The summed E-state index contributed by atoms with van der Waals surface area (Å²) in [5, 5.41) is 1.40. The molecule has 0 aromatic carbocycles. The molecular weight excluding hydrogens is 210 g/mol. The summed E-state index contributed by atoms with van der Waals surface area (Å²) in [6.45, 7) is 2.10. The topological polar surface area (TPSA) is 47.8 Å². The van der Waals surface area contributed by atoms with Crippen LogP contribution in [0.3, 0.4) is 0 Å². The Hall–Kier alpha value is -1.23. The number of aryl methyl sites for hydroxylation is 2. The van der Waals surface area contributed by atoms with Crippen molar-refractivity contribution in [3.8, 4) is 0 Å². The van der Waals surface area contributed by atoms with Crippen LogP contribution in [0.1, 0.15) is 12.6 Å². The van der Waals surface area contributed by atoms with Crippen LogP contribution in [0.2, 0.25) is 0 Å². The second-order valence-electron chi connectivity index (χ2n) is 3.43. The van der Waals surface area contributed by atoms with Crippen molar-refractivity contribution < 1.29 is 4.21 Å². The molecule has 80 valence electrons. The van der Waals surface area contributed by atoms with Crippen molar-refractivity contribution >= 4 is 21.8 Å². The zero-order chi connectivity index (χ0) is 11.0. The maximum atomic E-state index is 11.3. The van der Waals surface area contributed by atoms with Crippen LogP contribution in [0, 0.1) is 0 Å². The molecule has 0 aliphatic carbocycles. The minimum atomic E-state index is -1.12. The lowest BCUT2D eigenvalue weighted by Gasteiger charge is -2.00. The average Bonchev–Trinajstić information content (AvgIpc) is 2.55. The standard InChI is InChI=1S/C10H13N3OS/c1-4-8-5-7-6-11-10(15(3)14)12-9(7)13(8)2/h5-6H,4H2,1-3H3. The van der Waals surface area contributed by atoms with Gasteiger partial charge in [-0.1, -0.05) is 6.92 Å². The molecule has 2 aromatic heterocycles. The molecule has 0 radical (unpaired) electrons. The minimum absolute atomic E-state index is 0.395. The Balaban J connectivity index is 2.70. The molecule has 0 saturated heterocycles. The van der Waals surface area contributed by atoms with Crippen LogP contribution in [0.4, 0.5) is 0 Å². The third-order valence-electron chi connectivity index (χ3n) is 2.46. The first-order valence-electron chi connectivity index (χ1n) is 4.78. The highest BCUT2D eigenvalue weighted by Crippen LogP contribution is 2.16. The fraction of sp³-hybridized carbons (Fsp3) is 0.400. The maximum absolute atomic E-state index is 11.3. The Morgan fingerprint density at radius 1 is 1.53 bits per heavy atom. The number of rotatable bonds is 2. The summed E-state index contributed by atoms with van der Waals surface area (Å²) >= 11 is 0. The first-order valence-corrected chi connectivity index (χ1v) is 6.34. The van der Waals surface area contributed by atoms with Gasteiger partial charge in [-0.2, -0.15) is 0 Å². The van der Waals surface area contributed by atoms with Gasteiger partial charge in [0.2, 0.25) is 5.16 Å². The lowest BCUT2D eigenvalue weighted by Crippen LogP contribution is -2.00. The summed E-state index contributed by atoms with van der Waals surface area (Å²) in [5.74, 6) is 0. The monoisotopic (exact) mass is 223 g/mol. The predicted octanol–water partition coefficient (Wildman–Crippen LogP) is 1.27. The van der Waals surface area contributed by atoms with E-state index in [2.05, 4.69) is 23.0 Å². The van der Waals surface area contributed by atoms with Crippen molar-refractivity contribution in [1.82, 2.24) is 14.5 Å². The van der Waals surface area contributed by atoms with Gasteiger partial charge in [0, 0.05) is 30.6 Å². The number of hydrogen-bond acceptors (Lipinski definition) is 3. The smallest absolute Gasteiger partial charge is 0.220 e. The molecule has 0 fully saturated rings. The van der Waals surface area contributed by atoms with E-state index >= 15 is 0 Å². The van der Waals surface area contributed by atoms with E-state index in [1.54, 1.807) is 12.5 Å². The highest BCUT2D eigenvalue weighted by atomic mass is 32.2. The normalized spacial score (nSPS) is 13.3. The molecule has 0 amide bonds. The molecule has 0 spiro atoms. The summed E-state index contributed by atoms with van der Waals surface area (Å²) in [7, 11) is 0.847. The van der Waals surface area contributed by atoms with Crippen LogP contribution in [0.15, 0.2) is 17.4 Å². The minimum Gasteiger partial charge on any atom is -0.333 e. The first kappa shape index (κ1) is 10.3. The van der Waals surface area contributed by atoms with Gasteiger partial charge in [0.05, 0.1) is 10.8 Å². The van der Waals surface area contributed by atoms with Crippen LogP contribution in [0.5, 0.6) is 0 Å². The van der Waals surface area contributed by atoms with Gasteiger partial charge in [0.1, 0.15) is 5.65 Å². The molecule has 0 saturated carbocycles. The fourth-order valence-electron chi connectivity index (χ4n) is 1.63. The Bertz CT molecular complexity index is 533. The van der Waals surface area contributed by atoms with Gasteiger partial charge in [-0.25, -0.2) is 9.97 Å². The number of fused-ring (bicyclic) bond motifs is 1.